The third-order valence-electron chi connectivity index (χ3n) is 3.31. The maximum absolute atomic E-state index is 12.4. The number of aromatic nitrogens is 3. The molecule has 20 heavy (non-hydrogen) atoms. The van der Waals surface area contributed by atoms with E-state index in [1.54, 1.807) is 6.92 Å². The van der Waals surface area contributed by atoms with E-state index in [0.717, 1.165) is 6.42 Å². The molecule has 2 heterocycles. The van der Waals surface area contributed by atoms with Crippen LogP contribution in [0.1, 0.15) is 56.0 Å². The van der Waals surface area contributed by atoms with Gasteiger partial charge in [-0.15, -0.1) is 5.10 Å². The van der Waals surface area contributed by atoms with Crippen LogP contribution in [0, 0.1) is 0 Å². The van der Waals surface area contributed by atoms with Crippen LogP contribution in [0.15, 0.2) is 0 Å². The number of aromatic amines is 1. The molecule has 1 unspecified atom stereocenters. The molecule has 110 valence electrons. The highest BCUT2D eigenvalue weighted by Crippen LogP contribution is 2.20. The maximum atomic E-state index is 12.4. The summed E-state index contributed by atoms with van der Waals surface area (Å²) in [5.74, 6) is 0.287. The molecule has 1 aliphatic heterocycles. The van der Waals surface area contributed by atoms with Gasteiger partial charge in [-0.05, 0) is 19.8 Å². The zero-order valence-electron chi connectivity index (χ0n) is 12.0. The summed E-state index contributed by atoms with van der Waals surface area (Å²) in [7, 11) is 0. The molecule has 1 saturated heterocycles. The molecular formula is C13H20N4O3. The number of carbonyl (C=O) groups is 2. The third kappa shape index (κ3) is 2.81. The molecule has 7 nitrogen and oxygen atoms in total. The van der Waals surface area contributed by atoms with Crippen LogP contribution in [-0.4, -0.2) is 51.2 Å². The van der Waals surface area contributed by atoms with Crippen LogP contribution in [-0.2, 0) is 9.53 Å². The molecule has 0 aliphatic carbocycles. The Bertz CT molecular complexity index is 498. The summed E-state index contributed by atoms with van der Waals surface area (Å²) in [5.41, 5.74) is 0. The summed E-state index contributed by atoms with van der Waals surface area (Å²) in [6.07, 6.45) is 1.42. The number of likely N-dealkylation sites (tertiary alicyclic amines) is 1. The van der Waals surface area contributed by atoms with Crippen molar-refractivity contribution in [3.05, 3.63) is 11.6 Å². The number of rotatable bonds is 4. The van der Waals surface area contributed by atoms with Gasteiger partial charge in [-0.1, -0.05) is 13.8 Å². The summed E-state index contributed by atoms with van der Waals surface area (Å²) in [6, 6.07) is -0.511. The first kappa shape index (κ1) is 14.5. The molecule has 0 bridgehead atoms. The second-order valence-electron chi connectivity index (χ2n) is 5.11. The summed E-state index contributed by atoms with van der Waals surface area (Å²) in [4.78, 5) is 29.9. The Hall–Kier alpha value is -1.92. The molecule has 0 spiro atoms. The number of hydrogen-bond donors (Lipinski definition) is 1. The fraction of sp³-hybridized carbons (Fsp3) is 0.692. The number of nitrogens with zero attached hydrogens (tertiary/aromatic N) is 3. The van der Waals surface area contributed by atoms with Gasteiger partial charge < -0.3 is 9.64 Å². The van der Waals surface area contributed by atoms with Gasteiger partial charge in [0.2, 0.25) is 5.82 Å². The lowest BCUT2D eigenvalue weighted by Crippen LogP contribution is -2.41. The highest BCUT2D eigenvalue weighted by atomic mass is 16.5. The molecule has 2 rings (SSSR count). The molecule has 1 aromatic heterocycles. The smallest absolute Gasteiger partial charge is 0.328 e. The standard InChI is InChI=1S/C13H20N4O3/c1-4-20-13(19)9-6-5-7-17(9)12(18)11-14-10(8(2)3)15-16-11/h8-9H,4-7H2,1-3H3,(H,14,15,16). The summed E-state index contributed by atoms with van der Waals surface area (Å²) in [5, 5.41) is 6.70. The number of hydrogen-bond acceptors (Lipinski definition) is 5. The number of esters is 1. The van der Waals surface area contributed by atoms with Crippen LogP contribution in [0.3, 0.4) is 0 Å². The van der Waals surface area contributed by atoms with E-state index in [1.165, 1.54) is 4.90 Å². The van der Waals surface area contributed by atoms with E-state index in [4.69, 9.17) is 4.74 Å². The quantitative estimate of drug-likeness (QED) is 0.834. The van der Waals surface area contributed by atoms with Gasteiger partial charge in [-0.25, -0.2) is 9.78 Å². The lowest BCUT2D eigenvalue weighted by Gasteiger charge is -2.21. The van der Waals surface area contributed by atoms with Crippen molar-refractivity contribution < 1.29 is 14.3 Å². The minimum Gasteiger partial charge on any atom is -0.464 e. The Kier molecular flexibility index (Phi) is 4.36. The van der Waals surface area contributed by atoms with Crippen molar-refractivity contribution in [3.8, 4) is 0 Å². The molecule has 1 N–H and O–H groups in total. The van der Waals surface area contributed by atoms with E-state index < -0.39 is 6.04 Å². The summed E-state index contributed by atoms with van der Waals surface area (Å²) in [6.45, 7) is 6.53. The Balaban J connectivity index is 2.12. The Morgan fingerprint density at radius 1 is 1.50 bits per heavy atom. The van der Waals surface area contributed by atoms with Crippen molar-refractivity contribution in [2.45, 2.75) is 45.6 Å². The Morgan fingerprint density at radius 3 is 2.85 bits per heavy atom. The van der Waals surface area contributed by atoms with Crippen LogP contribution < -0.4 is 0 Å². The molecule has 0 saturated carbocycles. The van der Waals surface area contributed by atoms with Crippen LogP contribution in [0.4, 0.5) is 0 Å². The highest BCUT2D eigenvalue weighted by molar-refractivity contribution is 5.94. The van der Waals surface area contributed by atoms with Crippen LogP contribution in [0.5, 0.6) is 0 Å². The topological polar surface area (TPSA) is 88.2 Å². The zero-order chi connectivity index (χ0) is 14.7. The zero-order valence-corrected chi connectivity index (χ0v) is 12.0. The van der Waals surface area contributed by atoms with Gasteiger partial charge in [0.15, 0.2) is 0 Å². The second-order valence-corrected chi connectivity index (χ2v) is 5.11. The fourth-order valence-corrected chi connectivity index (χ4v) is 2.25. The highest BCUT2D eigenvalue weighted by Gasteiger charge is 2.37. The Labute approximate surface area is 117 Å². The molecule has 1 aliphatic rings. The van der Waals surface area contributed by atoms with Crippen molar-refractivity contribution in [2.24, 2.45) is 0 Å². The van der Waals surface area contributed by atoms with Gasteiger partial charge in [0, 0.05) is 12.5 Å². The van der Waals surface area contributed by atoms with E-state index in [-0.39, 0.29) is 23.6 Å². The first-order valence-electron chi connectivity index (χ1n) is 6.94. The predicted octanol–water partition coefficient (Wildman–Crippen LogP) is 1.10. The number of nitrogens with one attached hydrogen (secondary N) is 1. The monoisotopic (exact) mass is 280 g/mol. The van der Waals surface area contributed by atoms with Crippen molar-refractivity contribution in [1.29, 1.82) is 0 Å². The number of carbonyl (C=O) groups excluding carboxylic acids is 2. The van der Waals surface area contributed by atoms with E-state index in [2.05, 4.69) is 15.2 Å². The minimum absolute atomic E-state index is 0.116. The maximum Gasteiger partial charge on any atom is 0.328 e. The Morgan fingerprint density at radius 2 is 2.25 bits per heavy atom. The average Bonchev–Trinajstić information content (AvgIpc) is 3.07. The molecule has 0 aromatic carbocycles. The SMILES string of the molecule is CCOC(=O)C1CCCN1C(=O)c1n[nH]c(C(C)C)n1. The second kappa shape index (κ2) is 6.02. The van der Waals surface area contributed by atoms with E-state index in [1.807, 2.05) is 13.8 Å². The largest absolute Gasteiger partial charge is 0.464 e. The van der Waals surface area contributed by atoms with Crippen molar-refractivity contribution >= 4 is 11.9 Å². The molecular weight excluding hydrogens is 260 g/mol. The minimum atomic E-state index is -0.511. The first-order valence-corrected chi connectivity index (χ1v) is 6.94. The summed E-state index contributed by atoms with van der Waals surface area (Å²) >= 11 is 0. The third-order valence-corrected chi connectivity index (χ3v) is 3.31. The van der Waals surface area contributed by atoms with Crippen molar-refractivity contribution in [1.82, 2.24) is 20.1 Å². The molecule has 1 fully saturated rings. The molecule has 1 aromatic rings. The summed E-state index contributed by atoms with van der Waals surface area (Å²) < 4.78 is 5.00. The number of amides is 1. The average molecular weight is 280 g/mol. The van der Waals surface area contributed by atoms with Gasteiger partial charge in [-0.2, -0.15) is 0 Å². The van der Waals surface area contributed by atoms with E-state index in [9.17, 15) is 9.59 Å². The van der Waals surface area contributed by atoms with Gasteiger partial charge in [0.1, 0.15) is 11.9 Å². The van der Waals surface area contributed by atoms with E-state index >= 15 is 0 Å². The lowest BCUT2D eigenvalue weighted by atomic mass is 10.2. The normalized spacial score (nSPS) is 18.6. The number of H-pyrrole nitrogens is 1. The van der Waals surface area contributed by atoms with Gasteiger partial charge >= 0.3 is 5.97 Å². The van der Waals surface area contributed by atoms with Gasteiger partial charge in [0.25, 0.3) is 5.91 Å². The van der Waals surface area contributed by atoms with Gasteiger partial charge in [0.05, 0.1) is 6.61 Å². The van der Waals surface area contributed by atoms with Crippen molar-refractivity contribution in [3.63, 3.8) is 0 Å². The van der Waals surface area contributed by atoms with Crippen LogP contribution in [0.2, 0.25) is 0 Å². The molecule has 1 amide bonds. The van der Waals surface area contributed by atoms with Crippen LogP contribution >= 0.6 is 0 Å². The molecule has 7 heteroatoms. The van der Waals surface area contributed by atoms with Gasteiger partial charge in [-0.3, -0.25) is 9.89 Å². The van der Waals surface area contributed by atoms with E-state index in [0.29, 0.717) is 25.4 Å². The molecule has 1 atom stereocenters. The fourth-order valence-electron chi connectivity index (χ4n) is 2.25. The number of ether oxygens (including phenoxy) is 1. The predicted molar refractivity (Wildman–Crippen MR) is 71.2 cm³/mol. The van der Waals surface area contributed by atoms with Crippen LogP contribution in [0.25, 0.3) is 0 Å². The lowest BCUT2D eigenvalue weighted by molar-refractivity contribution is -0.147. The van der Waals surface area contributed by atoms with Crippen molar-refractivity contribution in [2.75, 3.05) is 13.2 Å². The first-order chi connectivity index (χ1) is 9.54. The molecule has 0 radical (unpaired) electrons.